The highest BCUT2D eigenvalue weighted by atomic mass is 16.5. The Morgan fingerprint density at radius 2 is 1.75 bits per heavy atom. The fourth-order valence-corrected chi connectivity index (χ4v) is 6.61. The van der Waals surface area contributed by atoms with Crippen molar-refractivity contribution in [1.29, 1.82) is 0 Å². The molecule has 3 heterocycles. The number of carboxylic acids is 1. The second-order valence-electron chi connectivity index (χ2n) is 12.1. The van der Waals surface area contributed by atoms with Crippen molar-refractivity contribution in [3.63, 3.8) is 0 Å². The average molecular weight is 594 g/mol. The second-order valence-corrected chi connectivity index (χ2v) is 12.1. The Morgan fingerprint density at radius 1 is 1.00 bits per heavy atom. The minimum atomic E-state index is -0.705. The van der Waals surface area contributed by atoms with Crippen LogP contribution in [-0.2, 0) is 11.3 Å². The Morgan fingerprint density at radius 3 is 2.43 bits per heavy atom. The third-order valence-electron chi connectivity index (χ3n) is 8.91. The lowest BCUT2D eigenvalue weighted by molar-refractivity contribution is -0.142. The van der Waals surface area contributed by atoms with Crippen LogP contribution in [0.1, 0.15) is 80.0 Å². The minimum absolute atomic E-state index is 0.201. The predicted octanol–water partition coefficient (Wildman–Crippen LogP) is 6.82. The average Bonchev–Trinajstić information content (AvgIpc) is 3.61. The summed E-state index contributed by atoms with van der Waals surface area (Å²) < 4.78 is 9.53. The van der Waals surface area contributed by atoms with Crippen LogP contribution in [0.5, 0.6) is 5.88 Å². The molecule has 1 aliphatic carbocycles. The first-order valence-corrected chi connectivity index (χ1v) is 15.3. The van der Waals surface area contributed by atoms with E-state index in [4.69, 9.17) is 19.9 Å². The third-order valence-corrected chi connectivity index (χ3v) is 8.91. The first-order valence-electron chi connectivity index (χ1n) is 15.3. The van der Waals surface area contributed by atoms with Gasteiger partial charge in [0, 0.05) is 40.0 Å². The van der Waals surface area contributed by atoms with Gasteiger partial charge < -0.3 is 14.9 Å². The molecule has 0 aliphatic heterocycles. The molecule has 1 aliphatic rings. The maximum Gasteiger partial charge on any atom is 0.306 e. The molecule has 0 radical (unpaired) electrons. The van der Waals surface area contributed by atoms with E-state index in [2.05, 4.69) is 26.8 Å². The van der Waals surface area contributed by atoms with E-state index in [1.54, 1.807) is 11.8 Å². The molecule has 0 spiro atoms. The highest BCUT2D eigenvalue weighted by molar-refractivity contribution is 5.94. The van der Waals surface area contributed by atoms with E-state index in [1.807, 2.05) is 65.5 Å². The number of aromatic nitrogens is 5. The number of carboxylic acid groups (broad SMARTS) is 1. The van der Waals surface area contributed by atoms with Crippen LogP contribution in [0, 0.1) is 12.8 Å². The van der Waals surface area contributed by atoms with E-state index < -0.39 is 12.1 Å². The van der Waals surface area contributed by atoms with Crippen LogP contribution in [0.15, 0.2) is 66.9 Å². The summed E-state index contributed by atoms with van der Waals surface area (Å²) in [6.07, 6.45) is 4.25. The molecule has 0 amide bonds. The van der Waals surface area contributed by atoms with Gasteiger partial charge in [-0.25, -0.2) is 9.67 Å². The summed E-state index contributed by atoms with van der Waals surface area (Å²) in [5, 5.41) is 31.1. The van der Waals surface area contributed by atoms with E-state index in [1.165, 1.54) is 0 Å². The van der Waals surface area contributed by atoms with Crippen LogP contribution in [0.3, 0.4) is 0 Å². The fraction of sp³-hybridized carbons (Fsp3) is 0.371. The molecule has 5 aromatic rings. The number of carbonyl (C=O) groups is 1. The highest BCUT2D eigenvalue weighted by Crippen LogP contribution is 2.39. The number of rotatable bonds is 9. The van der Waals surface area contributed by atoms with Crippen molar-refractivity contribution in [1.82, 2.24) is 24.5 Å². The van der Waals surface area contributed by atoms with Gasteiger partial charge in [-0.15, -0.1) is 0 Å². The van der Waals surface area contributed by atoms with Gasteiger partial charge in [0.05, 0.1) is 36.9 Å². The number of fused-ring (bicyclic) bond motifs is 1. The number of methoxy groups -OCH3 is 1. The molecular weight excluding hydrogens is 554 g/mol. The molecule has 6 rings (SSSR count). The molecule has 1 fully saturated rings. The van der Waals surface area contributed by atoms with Gasteiger partial charge in [-0.1, -0.05) is 56.3 Å². The number of hydrogen-bond donors (Lipinski definition) is 2. The van der Waals surface area contributed by atoms with Crippen molar-refractivity contribution in [3.8, 4) is 22.8 Å². The standard InChI is InChI=1S/C35H39N5O4/c1-21(2)32-22(3)40(30-18-17-28(36-34(30)44-4)23-13-15-25(16-14-23)35(42)43)38-33(32)26-11-8-12-29-27(26)19-39(37-29)20-31(41)24-9-6-5-7-10-24/h5-12,17-19,21,23,25,31,41H,13-16,20H2,1-4H3,(H,42,43)/t23?,25?,31-/m0/s1. The maximum atomic E-state index is 11.4. The number of ether oxygens (including phenoxy) is 1. The van der Waals surface area contributed by atoms with Crippen LogP contribution in [0.2, 0.25) is 0 Å². The van der Waals surface area contributed by atoms with E-state index in [-0.39, 0.29) is 17.8 Å². The van der Waals surface area contributed by atoms with E-state index >= 15 is 0 Å². The van der Waals surface area contributed by atoms with Gasteiger partial charge in [0.1, 0.15) is 5.69 Å². The van der Waals surface area contributed by atoms with Crippen molar-refractivity contribution >= 4 is 16.9 Å². The summed E-state index contributed by atoms with van der Waals surface area (Å²) in [6.45, 7) is 6.76. The summed E-state index contributed by atoms with van der Waals surface area (Å²) in [5.74, 6) is -0.0629. The number of aliphatic carboxylic acids is 1. The lowest BCUT2D eigenvalue weighted by Crippen LogP contribution is -2.21. The van der Waals surface area contributed by atoms with Gasteiger partial charge >= 0.3 is 5.97 Å². The number of hydrogen-bond acceptors (Lipinski definition) is 6. The van der Waals surface area contributed by atoms with Gasteiger partial charge in [0.2, 0.25) is 5.88 Å². The fourth-order valence-electron chi connectivity index (χ4n) is 6.61. The Labute approximate surface area is 257 Å². The number of aliphatic hydroxyl groups is 1. The number of nitrogens with zero attached hydrogens (tertiary/aromatic N) is 5. The van der Waals surface area contributed by atoms with Crippen molar-refractivity contribution in [2.45, 2.75) is 70.9 Å². The summed E-state index contributed by atoms with van der Waals surface area (Å²) in [5.41, 5.74) is 7.38. The molecule has 3 aromatic heterocycles. The second kappa shape index (κ2) is 12.2. The lowest BCUT2D eigenvalue weighted by Gasteiger charge is -2.26. The predicted molar refractivity (Wildman–Crippen MR) is 169 cm³/mol. The van der Waals surface area contributed by atoms with E-state index in [0.29, 0.717) is 25.3 Å². The van der Waals surface area contributed by atoms with Crippen LogP contribution < -0.4 is 4.74 Å². The molecule has 0 bridgehead atoms. The van der Waals surface area contributed by atoms with E-state index in [0.717, 1.165) is 63.2 Å². The molecule has 1 atom stereocenters. The summed E-state index contributed by atoms with van der Waals surface area (Å²) in [6, 6.07) is 19.7. The monoisotopic (exact) mass is 593 g/mol. The summed E-state index contributed by atoms with van der Waals surface area (Å²) >= 11 is 0. The third kappa shape index (κ3) is 5.59. The number of aliphatic hydroxyl groups excluding tert-OH is 1. The topological polar surface area (TPSA) is 115 Å². The molecule has 0 unspecified atom stereocenters. The normalized spacial score (nSPS) is 17.7. The van der Waals surface area contributed by atoms with Gasteiger partial charge in [0.15, 0.2) is 0 Å². The Kier molecular flexibility index (Phi) is 8.23. The smallest absolute Gasteiger partial charge is 0.306 e. The Balaban J connectivity index is 1.36. The largest absolute Gasteiger partial charge is 0.481 e. The van der Waals surface area contributed by atoms with Gasteiger partial charge in [-0.05, 0) is 62.3 Å². The summed E-state index contributed by atoms with van der Waals surface area (Å²) in [4.78, 5) is 16.3. The molecule has 9 heteroatoms. The Hall–Kier alpha value is -4.50. The number of benzene rings is 2. The zero-order valence-electron chi connectivity index (χ0n) is 25.6. The van der Waals surface area contributed by atoms with Gasteiger partial charge in [0.25, 0.3) is 0 Å². The quantitative estimate of drug-likeness (QED) is 0.193. The SMILES string of the molecule is COc1nc(C2CCC(C(=O)O)CC2)ccc1-n1nc(-c2cccc3nn(C[C@H](O)c4ccccc4)cc23)c(C(C)C)c1C. The van der Waals surface area contributed by atoms with Crippen molar-refractivity contribution in [2.75, 3.05) is 7.11 Å². The van der Waals surface area contributed by atoms with Gasteiger partial charge in [-0.2, -0.15) is 10.2 Å². The highest BCUT2D eigenvalue weighted by Gasteiger charge is 2.29. The molecule has 2 aromatic carbocycles. The molecular formula is C35H39N5O4. The van der Waals surface area contributed by atoms with Gasteiger partial charge in [-0.3, -0.25) is 9.48 Å². The zero-order valence-corrected chi connectivity index (χ0v) is 25.6. The molecule has 44 heavy (non-hydrogen) atoms. The van der Waals surface area contributed by atoms with Crippen molar-refractivity contribution < 1.29 is 19.7 Å². The van der Waals surface area contributed by atoms with Crippen LogP contribution in [0.4, 0.5) is 0 Å². The van der Waals surface area contributed by atoms with Crippen molar-refractivity contribution in [3.05, 3.63) is 89.4 Å². The molecule has 0 saturated heterocycles. The van der Waals surface area contributed by atoms with E-state index in [9.17, 15) is 15.0 Å². The molecule has 1 saturated carbocycles. The first kappa shape index (κ1) is 29.6. The first-order chi connectivity index (χ1) is 21.2. The lowest BCUT2D eigenvalue weighted by atomic mass is 9.80. The Bertz CT molecular complexity index is 1780. The molecule has 228 valence electrons. The minimum Gasteiger partial charge on any atom is -0.481 e. The maximum absolute atomic E-state index is 11.4. The summed E-state index contributed by atoms with van der Waals surface area (Å²) in [7, 11) is 1.62. The molecule has 9 nitrogen and oxygen atoms in total. The van der Waals surface area contributed by atoms with Crippen molar-refractivity contribution in [2.24, 2.45) is 5.92 Å². The molecule has 2 N–H and O–H groups in total. The number of pyridine rings is 1. The zero-order chi connectivity index (χ0) is 31.0. The van der Waals surface area contributed by atoms with Crippen LogP contribution in [-0.4, -0.2) is 47.8 Å². The van der Waals surface area contributed by atoms with Crippen LogP contribution in [0.25, 0.3) is 27.8 Å². The van der Waals surface area contributed by atoms with Crippen LogP contribution >= 0.6 is 0 Å².